The van der Waals surface area contributed by atoms with E-state index in [-0.39, 0.29) is 16.3 Å². The highest BCUT2D eigenvalue weighted by atomic mass is 35.5. The van der Waals surface area contributed by atoms with E-state index >= 15 is 0 Å². The number of nitro benzene ring substituents is 1. The fraction of sp³-hybridized carbons (Fsp3) is 0.385. The third-order valence-corrected chi connectivity index (χ3v) is 2.96. The predicted octanol–water partition coefficient (Wildman–Crippen LogP) is 2.48. The Bertz CT molecular complexity index is 595. The number of hydrogen-bond donors (Lipinski definition) is 2. The monoisotopic (exact) mass is 314 g/mol. The number of aliphatic carboxylic acids is 1. The molecule has 8 heteroatoms. The zero-order chi connectivity index (χ0) is 16.4. The number of carboxylic acid groups (broad SMARTS) is 1. The molecule has 0 aromatic heterocycles. The highest BCUT2D eigenvalue weighted by Crippen LogP contribution is 2.23. The molecule has 0 saturated heterocycles. The van der Waals surface area contributed by atoms with Gasteiger partial charge < -0.3 is 10.4 Å². The van der Waals surface area contributed by atoms with Crippen molar-refractivity contribution in [3.8, 4) is 0 Å². The van der Waals surface area contributed by atoms with Crippen LogP contribution in [0.1, 0.15) is 31.1 Å². The number of non-ortho nitro benzene ring substituents is 1. The Morgan fingerprint density at radius 3 is 2.33 bits per heavy atom. The molecule has 7 nitrogen and oxygen atoms in total. The Kier molecular flexibility index (Phi) is 4.90. The van der Waals surface area contributed by atoms with E-state index in [4.69, 9.17) is 16.7 Å². The summed E-state index contributed by atoms with van der Waals surface area (Å²) in [4.78, 5) is 33.3. The zero-order valence-corrected chi connectivity index (χ0v) is 12.5. The lowest BCUT2D eigenvalue weighted by Crippen LogP contribution is -2.49. The van der Waals surface area contributed by atoms with E-state index in [0.29, 0.717) is 0 Å². The quantitative estimate of drug-likeness (QED) is 0.655. The van der Waals surface area contributed by atoms with Gasteiger partial charge in [-0.1, -0.05) is 32.4 Å². The van der Waals surface area contributed by atoms with E-state index in [1.807, 2.05) is 0 Å². The third kappa shape index (κ3) is 4.42. The van der Waals surface area contributed by atoms with Crippen LogP contribution in [0.4, 0.5) is 5.69 Å². The van der Waals surface area contributed by atoms with Crippen molar-refractivity contribution in [2.45, 2.75) is 26.8 Å². The molecule has 0 aliphatic carbocycles. The molecule has 1 aromatic rings. The lowest BCUT2D eigenvalue weighted by molar-refractivity contribution is -0.384. The van der Waals surface area contributed by atoms with Gasteiger partial charge in [-0.05, 0) is 11.5 Å². The van der Waals surface area contributed by atoms with E-state index in [0.717, 1.165) is 12.1 Å². The van der Waals surface area contributed by atoms with Gasteiger partial charge in [-0.15, -0.1) is 0 Å². The molecule has 1 unspecified atom stereocenters. The van der Waals surface area contributed by atoms with Crippen LogP contribution < -0.4 is 5.32 Å². The number of rotatable bonds is 4. The molecule has 0 aliphatic heterocycles. The van der Waals surface area contributed by atoms with Crippen molar-refractivity contribution in [3.63, 3.8) is 0 Å². The first-order valence-corrected chi connectivity index (χ1v) is 6.39. The maximum atomic E-state index is 12.1. The molecule has 0 aliphatic rings. The molecular formula is C13H15ClN2O5. The number of amides is 1. The maximum absolute atomic E-state index is 12.1. The van der Waals surface area contributed by atoms with Crippen molar-refractivity contribution < 1.29 is 19.6 Å². The van der Waals surface area contributed by atoms with Crippen molar-refractivity contribution in [1.82, 2.24) is 5.32 Å². The molecule has 2 N–H and O–H groups in total. The van der Waals surface area contributed by atoms with Gasteiger partial charge in [0.15, 0.2) is 0 Å². The molecule has 0 fully saturated rings. The molecule has 0 saturated carbocycles. The smallest absolute Gasteiger partial charge is 0.326 e. The van der Waals surface area contributed by atoms with Crippen LogP contribution in [0.25, 0.3) is 0 Å². The molecular weight excluding hydrogens is 300 g/mol. The largest absolute Gasteiger partial charge is 0.480 e. The van der Waals surface area contributed by atoms with E-state index in [2.05, 4.69) is 5.32 Å². The Labute approximate surface area is 126 Å². The van der Waals surface area contributed by atoms with Crippen LogP contribution in [0.5, 0.6) is 0 Å². The molecule has 0 radical (unpaired) electrons. The number of carbonyl (C=O) groups is 2. The first kappa shape index (κ1) is 16.9. The zero-order valence-electron chi connectivity index (χ0n) is 11.7. The predicted molar refractivity (Wildman–Crippen MR) is 76.5 cm³/mol. The summed E-state index contributed by atoms with van der Waals surface area (Å²) >= 11 is 5.73. The van der Waals surface area contributed by atoms with Crippen LogP contribution in [-0.2, 0) is 4.79 Å². The van der Waals surface area contributed by atoms with Crippen LogP contribution in [0, 0.1) is 15.5 Å². The molecule has 21 heavy (non-hydrogen) atoms. The van der Waals surface area contributed by atoms with E-state index in [1.54, 1.807) is 20.8 Å². The van der Waals surface area contributed by atoms with Gasteiger partial charge in [-0.2, -0.15) is 0 Å². The minimum atomic E-state index is -1.19. The van der Waals surface area contributed by atoms with Crippen molar-refractivity contribution in [2.75, 3.05) is 0 Å². The van der Waals surface area contributed by atoms with Crippen molar-refractivity contribution in [1.29, 1.82) is 0 Å². The number of nitrogens with one attached hydrogen (secondary N) is 1. The highest BCUT2D eigenvalue weighted by molar-refractivity contribution is 6.31. The van der Waals surface area contributed by atoms with Gasteiger partial charge >= 0.3 is 5.97 Å². The number of benzene rings is 1. The fourth-order valence-corrected chi connectivity index (χ4v) is 1.90. The van der Waals surface area contributed by atoms with Crippen LogP contribution >= 0.6 is 11.6 Å². The molecule has 0 heterocycles. The molecule has 114 valence electrons. The van der Waals surface area contributed by atoms with E-state index in [1.165, 1.54) is 6.07 Å². The average molecular weight is 315 g/mol. The molecule has 0 spiro atoms. The Morgan fingerprint density at radius 1 is 1.33 bits per heavy atom. The standard InChI is InChI=1S/C13H15ClN2O5/c1-13(2,3)10(12(18)19)15-11(17)7-4-8(14)6-9(5-7)16(20)21/h4-6,10H,1-3H3,(H,15,17)(H,18,19). The number of hydrogen-bond acceptors (Lipinski definition) is 4. The summed E-state index contributed by atoms with van der Waals surface area (Å²) in [5.74, 6) is -1.92. The lowest BCUT2D eigenvalue weighted by atomic mass is 9.86. The Balaban J connectivity index is 3.09. The highest BCUT2D eigenvalue weighted by Gasteiger charge is 2.33. The number of carbonyl (C=O) groups excluding carboxylic acids is 1. The summed E-state index contributed by atoms with van der Waals surface area (Å²) in [5, 5.41) is 22.3. The Hall–Kier alpha value is -2.15. The van der Waals surface area contributed by atoms with Crippen LogP contribution in [-0.4, -0.2) is 27.9 Å². The SMILES string of the molecule is CC(C)(C)C(NC(=O)c1cc(Cl)cc([N+](=O)[O-])c1)C(=O)O. The van der Waals surface area contributed by atoms with Gasteiger partial charge in [0, 0.05) is 22.7 Å². The van der Waals surface area contributed by atoms with Gasteiger partial charge in [-0.3, -0.25) is 14.9 Å². The second-order valence-corrected chi connectivity index (χ2v) is 6.00. The molecule has 1 amide bonds. The maximum Gasteiger partial charge on any atom is 0.326 e. The van der Waals surface area contributed by atoms with Gasteiger partial charge in [0.05, 0.1) is 4.92 Å². The van der Waals surface area contributed by atoms with Gasteiger partial charge in [0.2, 0.25) is 0 Å². The summed E-state index contributed by atoms with van der Waals surface area (Å²) in [7, 11) is 0. The summed E-state index contributed by atoms with van der Waals surface area (Å²) in [6, 6.07) is 2.26. The Morgan fingerprint density at radius 2 is 1.90 bits per heavy atom. The summed E-state index contributed by atoms with van der Waals surface area (Å²) < 4.78 is 0. The molecule has 0 bridgehead atoms. The first-order valence-electron chi connectivity index (χ1n) is 6.01. The number of nitro groups is 1. The van der Waals surface area contributed by atoms with Crippen LogP contribution in [0.3, 0.4) is 0 Å². The lowest BCUT2D eigenvalue weighted by Gasteiger charge is -2.27. The minimum absolute atomic E-state index is 0.0250. The third-order valence-electron chi connectivity index (χ3n) is 2.74. The van der Waals surface area contributed by atoms with Gasteiger partial charge in [0.25, 0.3) is 11.6 Å². The van der Waals surface area contributed by atoms with E-state index in [9.17, 15) is 19.7 Å². The van der Waals surface area contributed by atoms with Gasteiger partial charge in [0.1, 0.15) is 6.04 Å². The second-order valence-electron chi connectivity index (χ2n) is 5.57. The number of nitrogens with zero attached hydrogens (tertiary/aromatic N) is 1. The average Bonchev–Trinajstić information content (AvgIpc) is 2.32. The molecule has 1 rings (SSSR count). The van der Waals surface area contributed by atoms with Gasteiger partial charge in [-0.25, -0.2) is 4.79 Å². The fourth-order valence-electron chi connectivity index (χ4n) is 1.67. The van der Waals surface area contributed by atoms with E-state index < -0.39 is 28.3 Å². The summed E-state index contributed by atoms with van der Waals surface area (Å²) in [6.45, 7) is 4.98. The van der Waals surface area contributed by atoms with Crippen LogP contribution in [0.15, 0.2) is 18.2 Å². The number of halogens is 1. The molecule has 1 aromatic carbocycles. The second kappa shape index (κ2) is 6.09. The summed E-state index contributed by atoms with van der Waals surface area (Å²) in [6.07, 6.45) is 0. The normalized spacial score (nSPS) is 12.6. The summed E-state index contributed by atoms with van der Waals surface area (Å²) in [5.41, 5.74) is -1.12. The number of carboxylic acids is 1. The van der Waals surface area contributed by atoms with Crippen molar-refractivity contribution in [2.24, 2.45) is 5.41 Å². The van der Waals surface area contributed by atoms with Crippen molar-refractivity contribution >= 4 is 29.2 Å². The first-order chi connectivity index (χ1) is 9.52. The topological polar surface area (TPSA) is 110 Å². The molecule has 1 atom stereocenters. The minimum Gasteiger partial charge on any atom is -0.480 e. The van der Waals surface area contributed by atoms with Crippen LogP contribution in [0.2, 0.25) is 5.02 Å². The van der Waals surface area contributed by atoms with Crippen molar-refractivity contribution in [3.05, 3.63) is 38.9 Å².